The Morgan fingerprint density at radius 2 is 1.62 bits per heavy atom. The highest BCUT2D eigenvalue weighted by molar-refractivity contribution is 5.94. The van der Waals surface area contributed by atoms with E-state index in [-0.39, 0.29) is 0 Å². The average molecular weight is 284 g/mol. The lowest BCUT2D eigenvalue weighted by Crippen LogP contribution is -2.11. The number of carbonyl (C=O) groups is 1. The molecule has 0 radical (unpaired) electrons. The molecule has 2 aromatic rings. The van der Waals surface area contributed by atoms with Crippen LogP contribution in [-0.2, 0) is 6.42 Å². The van der Waals surface area contributed by atoms with E-state index in [1.165, 1.54) is 0 Å². The molecule has 0 spiro atoms. The predicted octanol–water partition coefficient (Wildman–Crippen LogP) is 4.11. The van der Waals surface area contributed by atoms with E-state index in [1.807, 2.05) is 30.3 Å². The van der Waals surface area contributed by atoms with Crippen molar-refractivity contribution < 1.29 is 14.3 Å². The van der Waals surface area contributed by atoms with Crippen LogP contribution >= 0.6 is 0 Å². The van der Waals surface area contributed by atoms with E-state index in [1.54, 1.807) is 25.3 Å². The first-order valence-electron chi connectivity index (χ1n) is 7.05. The maximum atomic E-state index is 12.3. The van der Waals surface area contributed by atoms with Crippen LogP contribution in [0.4, 0.5) is 0 Å². The summed E-state index contributed by atoms with van der Waals surface area (Å²) in [7, 11) is 1.54. The molecular formula is C18H20O3. The van der Waals surface area contributed by atoms with Crippen LogP contribution in [-0.4, -0.2) is 13.1 Å². The molecule has 0 unspecified atom stereocenters. The van der Waals surface area contributed by atoms with E-state index < -0.39 is 5.97 Å². The van der Waals surface area contributed by atoms with Crippen molar-refractivity contribution in [3.63, 3.8) is 0 Å². The minimum atomic E-state index is -0.399. The maximum absolute atomic E-state index is 12.3. The van der Waals surface area contributed by atoms with E-state index in [0.29, 0.717) is 23.0 Å². The largest absolute Gasteiger partial charge is 0.496 e. The lowest BCUT2D eigenvalue weighted by Gasteiger charge is -2.12. The normalized spacial score (nSPS) is 10.5. The SMILES string of the molecule is COc1ccccc1C(=O)Oc1ccccc1CC(C)C. The fraction of sp³-hybridized carbons (Fsp3) is 0.278. The van der Waals surface area contributed by atoms with Gasteiger partial charge in [-0.3, -0.25) is 0 Å². The molecule has 0 N–H and O–H groups in total. The summed E-state index contributed by atoms with van der Waals surface area (Å²) in [5.74, 6) is 1.23. The smallest absolute Gasteiger partial charge is 0.347 e. The van der Waals surface area contributed by atoms with Gasteiger partial charge in [-0.15, -0.1) is 0 Å². The third kappa shape index (κ3) is 3.85. The van der Waals surface area contributed by atoms with Gasteiger partial charge in [-0.25, -0.2) is 4.79 Å². The number of hydrogen-bond donors (Lipinski definition) is 0. The van der Waals surface area contributed by atoms with Crippen molar-refractivity contribution in [2.24, 2.45) is 5.92 Å². The molecule has 0 aliphatic rings. The highest BCUT2D eigenvalue weighted by Crippen LogP contribution is 2.24. The first-order chi connectivity index (χ1) is 10.1. The molecule has 0 saturated heterocycles. The molecule has 21 heavy (non-hydrogen) atoms. The maximum Gasteiger partial charge on any atom is 0.347 e. The average Bonchev–Trinajstić information content (AvgIpc) is 2.48. The zero-order chi connectivity index (χ0) is 15.2. The van der Waals surface area contributed by atoms with Gasteiger partial charge < -0.3 is 9.47 Å². The number of rotatable bonds is 5. The molecule has 2 aromatic carbocycles. The van der Waals surface area contributed by atoms with Crippen LogP contribution in [0.2, 0.25) is 0 Å². The third-order valence-corrected chi connectivity index (χ3v) is 3.13. The van der Waals surface area contributed by atoms with E-state index in [9.17, 15) is 4.79 Å². The minimum Gasteiger partial charge on any atom is -0.496 e. The summed E-state index contributed by atoms with van der Waals surface area (Å²) in [5, 5.41) is 0. The Labute approximate surface area is 125 Å². The second-order valence-electron chi connectivity index (χ2n) is 5.30. The van der Waals surface area contributed by atoms with Crippen molar-refractivity contribution in [1.29, 1.82) is 0 Å². The summed E-state index contributed by atoms with van der Waals surface area (Å²) in [4.78, 5) is 12.3. The van der Waals surface area contributed by atoms with Crippen LogP contribution in [0, 0.1) is 5.92 Å². The van der Waals surface area contributed by atoms with Crippen molar-refractivity contribution >= 4 is 5.97 Å². The van der Waals surface area contributed by atoms with Crippen molar-refractivity contribution in [3.8, 4) is 11.5 Å². The zero-order valence-corrected chi connectivity index (χ0v) is 12.6. The van der Waals surface area contributed by atoms with Crippen molar-refractivity contribution in [2.45, 2.75) is 20.3 Å². The van der Waals surface area contributed by atoms with E-state index >= 15 is 0 Å². The summed E-state index contributed by atoms with van der Waals surface area (Å²) in [6.45, 7) is 4.28. The fourth-order valence-corrected chi connectivity index (χ4v) is 2.18. The predicted molar refractivity (Wildman–Crippen MR) is 82.9 cm³/mol. The van der Waals surface area contributed by atoms with E-state index in [4.69, 9.17) is 9.47 Å². The first kappa shape index (κ1) is 15.1. The molecular weight excluding hydrogens is 264 g/mol. The van der Waals surface area contributed by atoms with Gasteiger partial charge in [-0.2, -0.15) is 0 Å². The number of methoxy groups -OCH3 is 1. The van der Waals surface area contributed by atoms with Crippen LogP contribution in [0.15, 0.2) is 48.5 Å². The van der Waals surface area contributed by atoms with E-state index in [2.05, 4.69) is 13.8 Å². The Kier molecular flexibility index (Phi) is 4.99. The standard InChI is InChI=1S/C18H20O3/c1-13(2)12-14-8-4-6-10-16(14)21-18(19)15-9-5-7-11-17(15)20-3/h4-11,13H,12H2,1-3H3. The van der Waals surface area contributed by atoms with Crippen LogP contribution in [0.1, 0.15) is 29.8 Å². The Morgan fingerprint density at radius 1 is 1.00 bits per heavy atom. The monoisotopic (exact) mass is 284 g/mol. The number of benzene rings is 2. The van der Waals surface area contributed by atoms with Gasteiger partial charge in [-0.1, -0.05) is 44.2 Å². The molecule has 0 fully saturated rings. The van der Waals surface area contributed by atoms with Gasteiger partial charge in [0.1, 0.15) is 17.1 Å². The summed E-state index contributed by atoms with van der Waals surface area (Å²) in [5.41, 5.74) is 1.47. The molecule has 0 aliphatic carbocycles. The fourth-order valence-electron chi connectivity index (χ4n) is 2.18. The van der Waals surface area contributed by atoms with Gasteiger partial charge in [0.25, 0.3) is 0 Å². The Bertz CT molecular complexity index is 617. The first-order valence-corrected chi connectivity index (χ1v) is 7.05. The summed E-state index contributed by atoms with van der Waals surface area (Å²) < 4.78 is 10.8. The Hall–Kier alpha value is -2.29. The van der Waals surface area contributed by atoms with Gasteiger partial charge in [0.15, 0.2) is 0 Å². The topological polar surface area (TPSA) is 35.5 Å². The molecule has 0 amide bonds. The van der Waals surface area contributed by atoms with Crippen molar-refractivity contribution in [2.75, 3.05) is 7.11 Å². The highest BCUT2D eigenvalue weighted by atomic mass is 16.5. The van der Waals surface area contributed by atoms with Crippen LogP contribution < -0.4 is 9.47 Å². The second-order valence-corrected chi connectivity index (χ2v) is 5.30. The Balaban J connectivity index is 2.24. The molecule has 2 rings (SSSR count). The van der Waals surface area contributed by atoms with E-state index in [0.717, 1.165) is 12.0 Å². The number of hydrogen-bond acceptors (Lipinski definition) is 3. The van der Waals surface area contributed by atoms with Crippen LogP contribution in [0.3, 0.4) is 0 Å². The molecule has 0 atom stereocenters. The molecule has 0 heterocycles. The van der Waals surface area contributed by atoms with Gasteiger partial charge in [0.05, 0.1) is 7.11 Å². The minimum absolute atomic E-state index is 0.399. The van der Waals surface area contributed by atoms with Crippen molar-refractivity contribution in [3.05, 3.63) is 59.7 Å². The summed E-state index contributed by atoms with van der Waals surface area (Å²) in [6.07, 6.45) is 0.870. The molecule has 3 heteroatoms. The molecule has 3 nitrogen and oxygen atoms in total. The molecule has 110 valence electrons. The lowest BCUT2D eigenvalue weighted by atomic mass is 10.0. The van der Waals surface area contributed by atoms with Crippen LogP contribution in [0.5, 0.6) is 11.5 Å². The van der Waals surface area contributed by atoms with Gasteiger partial charge >= 0.3 is 5.97 Å². The van der Waals surface area contributed by atoms with Gasteiger partial charge in [-0.05, 0) is 36.1 Å². The summed E-state index contributed by atoms with van der Waals surface area (Å²) >= 11 is 0. The molecule has 0 saturated carbocycles. The quantitative estimate of drug-likeness (QED) is 0.612. The lowest BCUT2D eigenvalue weighted by molar-refractivity contribution is 0.0729. The molecule has 0 aliphatic heterocycles. The second kappa shape index (κ2) is 6.93. The number of esters is 1. The number of ether oxygens (including phenoxy) is 2. The Morgan fingerprint density at radius 3 is 2.29 bits per heavy atom. The van der Waals surface area contributed by atoms with Crippen LogP contribution in [0.25, 0.3) is 0 Å². The zero-order valence-electron chi connectivity index (χ0n) is 12.6. The van der Waals surface area contributed by atoms with Gasteiger partial charge in [0, 0.05) is 0 Å². The van der Waals surface area contributed by atoms with Gasteiger partial charge in [0.2, 0.25) is 0 Å². The highest BCUT2D eigenvalue weighted by Gasteiger charge is 2.15. The molecule has 0 aromatic heterocycles. The van der Waals surface area contributed by atoms with Crippen molar-refractivity contribution in [1.82, 2.24) is 0 Å². The number of para-hydroxylation sites is 2. The number of carbonyl (C=O) groups excluding carboxylic acids is 1. The third-order valence-electron chi connectivity index (χ3n) is 3.13. The molecule has 0 bridgehead atoms. The summed E-state index contributed by atoms with van der Waals surface area (Å²) in [6, 6.07) is 14.7.